The molecule has 2 aromatic rings. The van der Waals surface area contributed by atoms with Crippen molar-refractivity contribution in [3.8, 4) is 0 Å². The van der Waals surface area contributed by atoms with Gasteiger partial charge in [0.15, 0.2) is 0 Å². The van der Waals surface area contributed by atoms with Crippen LogP contribution in [0.5, 0.6) is 0 Å². The van der Waals surface area contributed by atoms with Gasteiger partial charge in [-0.15, -0.1) is 5.10 Å². The standard InChI is InChI=1S/C17H20N4O3S2/c1-20-15-5-2-3-6-16(15)25-17(20)19-18-13-14-7-10-21(11-8-14)9-4-12-26(22,23)24/h2-3,5-8,10,13H,4,9,11-12H2,1H3,(H,22,23,24). The van der Waals surface area contributed by atoms with Crippen molar-refractivity contribution < 1.29 is 13.0 Å². The monoisotopic (exact) mass is 392 g/mol. The summed E-state index contributed by atoms with van der Waals surface area (Å²) in [6, 6.07) is 8.12. The summed E-state index contributed by atoms with van der Waals surface area (Å²) in [5, 5.41) is 8.48. The van der Waals surface area contributed by atoms with Crippen LogP contribution in [-0.4, -0.2) is 47.5 Å². The predicted octanol–water partition coefficient (Wildman–Crippen LogP) is 2.16. The maximum atomic E-state index is 10.7. The number of hydrogen-bond acceptors (Lipinski definition) is 6. The molecule has 138 valence electrons. The third-order valence-corrected chi connectivity index (χ3v) is 5.86. The molecule has 1 aromatic heterocycles. The van der Waals surface area contributed by atoms with Crippen molar-refractivity contribution in [1.82, 2.24) is 9.47 Å². The van der Waals surface area contributed by atoms with Crippen LogP contribution in [0, 0.1) is 0 Å². The molecule has 9 heteroatoms. The first kappa shape index (κ1) is 18.6. The van der Waals surface area contributed by atoms with Crippen LogP contribution in [0.15, 0.2) is 58.4 Å². The minimum Gasteiger partial charge on any atom is -0.374 e. The van der Waals surface area contributed by atoms with E-state index in [-0.39, 0.29) is 5.75 Å². The first-order chi connectivity index (χ1) is 12.4. The van der Waals surface area contributed by atoms with Crippen LogP contribution in [0.4, 0.5) is 0 Å². The van der Waals surface area contributed by atoms with Crippen molar-refractivity contribution in [1.29, 1.82) is 0 Å². The van der Waals surface area contributed by atoms with Crippen molar-refractivity contribution >= 4 is 37.9 Å². The summed E-state index contributed by atoms with van der Waals surface area (Å²) in [7, 11) is -1.92. The maximum absolute atomic E-state index is 10.7. The molecule has 26 heavy (non-hydrogen) atoms. The number of thiazole rings is 1. The second-order valence-corrected chi connectivity index (χ2v) is 8.49. The molecule has 0 spiro atoms. The Bertz CT molecular complexity index is 1050. The fourth-order valence-corrected chi connectivity index (χ4v) is 4.05. The van der Waals surface area contributed by atoms with Gasteiger partial charge in [0.2, 0.25) is 4.80 Å². The van der Waals surface area contributed by atoms with Crippen molar-refractivity contribution in [2.75, 3.05) is 18.8 Å². The van der Waals surface area contributed by atoms with Crippen molar-refractivity contribution in [2.45, 2.75) is 6.42 Å². The van der Waals surface area contributed by atoms with Crippen LogP contribution in [0.2, 0.25) is 0 Å². The highest BCUT2D eigenvalue weighted by atomic mass is 32.2. The van der Waals surface area contributed by atoms with E-state index >= 15 is 0 Å². The first-order valence-electron chi connectivity index (χ1n) is 8.11. The van der Waals surface area contributed by atoms with E-state index in [9.17, 15) is 8.42 Å². The van der Waals surface area contributed by atoms with E-state index in [1.165, 1.54) is 4.70 Å². The Hall–Kier alpha value is -2.23. The molecule has 2 heterocycles. The number of nitrogens with zero attached hydrogens (tertiary/aromatic N) is 4. The van der Waals surface area contributed by atoms with E-state index in [2.05, 4.69) is 22.3 Å². The van der Waals surface area contributed by atoms with E-state index < -0.39 is 10.1 Å². The van der Waals surface area contributed by atoms with Crippen LogP contribution in [-0.2, 0) is 17.2 Å². The van der Waals surface area contributed by atoms with Crippen LogP contribution in [0.1, 0.15) is 6.42 Å². The van der Waals surface area contributed by atoms with Crippen LogP contribution in [0.3, 0.4) is 0 Å². The molecule has 0 atom stereocenters. The zero-order chi connectivity index (χ0) is 18.6. The minimum absolute atomic E-state index is 0.222. The van der Waals surface area contributed by atoms with Crippen molar-refractivity contribution in [3.05, 3.63) is 53.0 Å². The van der Waals surface area contributed by atoms with Crippen molar-refractivity contribution in [2.24, 2.45) is 17.3 Å². The number of hydrogen-bond donors (Lipinski definition) is 1. The second-order valence-electron chi connectivity index (χ2n) is 5.91. The van der Waals surface area contributed by atoms with Crippen molar-refractivity contribution in [3.63, 3.8) is 0 Å². The smallest absolute Gasteiger partial charge is 0.264 e. The van der Waals surface area contributed by atoms with Gasteiger partial charge in [-0.05, 0) is 36.4 Å². The number of para-hydroxylation sites is 1. The Morgan fingerprint density at radius 3 is 2.85 bits per heavy atom. The predicted molar refractivity (Wildman–Crippen MR) is 105 cm³/mol. The number of rotatable bonds is 6. The largest absolute Gasteiger partial charge is 0.374 e. The summed E-state index contributed by atoms with van der Waals surface area (Å²) in [4.78, 5) is 2.81. The molecule has 3 rings (SSSR count). The fraction of sp³-hybridized carbons (Fsp3) is 0.294. The molecule has 7 nitrogen and oxygen atoms in total. The van der Waals surface area contributed by atoms with Gasteiger partial charge in [-0.25, -0.2) is 0 Å². The lowest BCUT2D eigenvalue weighted by Gasteiger charge is -2.21. The Kier molecular flexibility index (Phi) is 5.70. The Morgan fingerprint density at radius 2 is 2.15 bits per heavy atom. The van der Waals surface area contributed by atoms with E-state index in [0.717, 1.165) is 15.9 Å². The van der Waals surface area contributed by atoms with Gasteiger partial charge in [0.1, 0.15) is 0 Å². The molecule has 0 aliphatic carbocycles. The number of benzene rings is 1. The van der Waals surface area contributed by atoms with E-state index in [0.29, 0.717) is 19.5 Å². The highest BCUT2D eigenvalue weighted by Crippen LogP contribution is 2.15. The topological polar surface area (TPSA) is 87.3 Å². The van der Waals surface area contributed by atoms with Gasteiger partial charge >= 0.3 is 0 Å². The number of fused-ring (bicyclic) bond motifs is 1. The third-order valence-electron chi connectivity index (χ3n) is 3.95. The fourth-order valence-electron chi connectivity index (χ4n) is 2.58. The highest BCUT2D eigenvalue weighted by Gasteiger charge is 2.07. The lowest BCUT2D eigenvalue weighted by atomic mass is 10.2. The minimum atomic E-state index is -3.89. The Labute approximate surface area is 156 Å². The molecule has 0 fully saturated rings. The maximum Gasteiger partial charge on any atom is 0.264 e. The van der Waals surface area contributed by atoms with Crippen LogP contribution >= 0.6 is 11.3 Å². The Morgan fingerprint density at radius 1 is 1.35 bits per heavy atom. The lowest BCUT2D eigenvalue weighted by molar-refractivity contribution is 0.405. The van der Waals surface area contributed by atoms with Gasteiger partial charge < -0.3 is 9.47 Å². The molecule has 0 radical (unpaired) electrons. The molecule has 0 bridgehead atoms. The Balaban J connectivity index is 1.60. The molecule has 0 amide bonds. The number of allylic oxidation sites excluding steroid dienone is 2. The summed E-state index contributed by atoms with van der Waals surface area (Å²) in [5.41, 5.74) is 2.08. The number of aromatic nitrogens is 1. The molecular formula is C17H20N4O3S2. The molecule has 0 unspecified atom stereocenters. The lowest BCUT2D eigenvalue weighted by Crippen LogP contribution is -2.23. The van der Waals surface area contributed by atoms with Crippen LogP contribution in [0.25, 0.3) is 10.2 Å². The van der Waals surface area contributed by atoms with E-state index in [1.54, 1.807) is 17.6 Å². The molecule has 1 N–H and O–H groups in total. The molecule has 0 saturated carbocycles. The van der Waals surface area contributed by atoms with Gasteiger partial charge in [-0.3, -0.25) is 4.55 Å². The molecule has 1 aromatic carbocycles. The summed E-state index contributed by atoms with van der Waals surface area (Å²) in [5.74, 6) is -0.222. The zero-order valence-electron chi connectivity index (χ0n) is 14.3. The normalized spacial score (nSPS) is 16.0. The summed E-state index contributed by atoms with van der Waals surface area (Å²) in [6.07, 6.45) is 7.89. The summed E-state index contributed by atoms with van der Waals surface area (Å²) >= 11 is 1.59. The van der Waals surface area contributed by atoms with Gasteiger partial charge in [0, 0.05) is 20.1 Å². The average Bonchev–Trinajstić information content (AvgIpc) is 2.92. The van der Waals surface area contributed by atoms with Gasteiger partial charge in [0.05, 0.1) is 22.2 Å². The second kappa shape index (κ2) is 7.98. The third kappa shape index (κ3) is 4.90. The van der Waals surface area contributed by atoms with E-state index in [1.807, 2.05) is 47.0 Å². The van der Waals surface area contributed by atoms with Crippen LogP contribution < -0.4 is 4.80 Å². The zero-order valence-corrected chi connectivity index (χ0v) is 15.9. The van der Waals surface area contributed by atoms with Gasteiger partial charge in [-0.1, -0.05) is 29.5 Å². The van der Waals surface area contributed by atoms with Gasteiger partial charge in [0.25, 0.3) is 10.1 Å². The van der Waals surface area contributed by atoms with E-state index in [4.69, 9.17) is 4.55 Å². The molecule has 1 aliphatic rings. The quantitative estimate of drug-likeness (QED) is 0.464. The van der Waals surface area contributed by atoms with Gasteiger partial charge in [-0.2, -0.15) is 13.5 Å². The molecular weight excluding hydrogens is 372 g/mol. The number of aryl methyl sites for hydroxylation is 1. The first-order valence-corrected chi connectivity index (χ1v) is 10.5. The molecule has 0 saturated heterocycles. The summed E-state index contributed by atoms with van der Waals surface area (Å²) < 4.78 is 33.4. The highest BCUT2D eigenvalue weighted by molar-refractivity contribution is 7.85. The average molecular weight is 393 g/mol. The summed E-state index contributed by atoms with van der Waals surface area (Å²) in [6.45, 7) is 1.24. The molecule has 1 aliphatic heterocycles. The SMILES string of the molecule is Cn1c(=NN=CC2=CCN(CCCS(=O)(=O)O)C=C2)sc2ccccc21.